The highest BCUT2D eigenvalue weighted by Gasteiger charge is 2.45. The molecule has 13 aromatic rings. The third-order valence-electron chi connectivity index (χ3n) is 15.4. The summed E-state index contributed by atoms with van der Waals surface area (Å²) in [7, 11) is 0. The van der Waals surface area contributed by atoms with Gasteiger partial charge in [-0.25, -0.2) is 9.97 Å². The molecule has 11 aromatic carbocycles. The first-order chi connectivity index (χ1) is 40.5. The van der Waals surface area contributed by atoms with Crippen LogP contribution in [0.2, 0.25) is 0 Å². The summed E-state index contributed by atoms with van der Waals surface area (Å²) >= 11 is 15.0. The van der Waals surface area contributed by atoms with Crippen molar-refractivity contribution in [2.75, 3.05) is 14.2 Å². The molecule has 2 aromatic heterocycles. The predicted octanol–water partition coefficient (Wildman–Crippen LogP) is 16.3. The molecule has 82 heavy (non-hydrogen) atoms. The third kappa shape index (κ3) is 8.01. The Bertz CT molecular complexity index is 4600. The lowest BCUT2D eigenvalue weighted by Crippen LogP contribution is -2.37. The molecule has 2 atom stereocenters. The second-order valence-corrected chi connectivity index (χ2v) is 28.3. The molecule has 2 aliphatic rings. The molecular weight excluding hydrogens is 1080 g/mol. The van der Waals surface area contributed by atoms with Crippen LogP contribution in [0.3, 0.4) is 0 Å². The van der Waals surface area contributed by atoms with E-state index in [0.717, 1.165) is 106 Å². The van der Waals surface area contributed by atoms with Gasteiger partial charge in [0.05, 0.1) is 40.0 Å². The van der Waals surface area contributed by atoms with Crippen LogP contribution in [0.5, 0.6) is 0 Å². The van der Waals surface area contributed by atoms with Gasteiger partial charge in [-0.1, -0.05) is 236 Å². The number of hydrogen-bond acceptors (Lipinski definition) is 7. The fraction of sp³-hybridized carbons (Fsp3) is 0. The highest BCUT2D eigenvalue weighted by molar-refractivity contribution is 8.23. The SMILES string of the molecule is S=P1(c2ccc(-c3cccc4c3-c3ccccc3N(c3ccccc3)P4(=S)c3nc4ccccc4n3-c3ccccc3)cc2)c2ccccc2N(c2nc(-c3ccccc3)nc(-c3ccccc3)n2)c2ccccc2N1c1ccccc1. The van der Waals surface area contributed by atoms with Gasteiger partial charge < -0.3 is 9.34 Å². The number of para-hydroxylation sites is 9. The molecule has 0 saturated heterocycles. The van der Waals surface area contributed by atoms with E-state index in [-0.39, 0.29) is 0 Å². The highest BCUT2D eigenvalue weighted by Crippen LogP contribution is 2.64. The van der Waals surface area contributed by atoms with Gasteiger partial charge in [0.25, 0.3) is 0 Å². The Balaban J connectivity index is 0.941. The van der Waals surface area contributed by atoms with Gasteiger partial charge in [-0.2, -0.15) is 9.97 Å². The first-order valence-electron chi connectivity index (χ1n) is 27.1. The summed E-state index contributed by atoms with van der Waals surface area (Å²) in [5.74, 6) is 1.63. The van der Waals surface area contributed by atoms with Gasteiger partial charge in [0, 0.05) is 55.2 Å². The molecule has 15 rings (SSSR count). The average Bonchev–Trinajstić information content (AvgIpc) is 1.59. The van der Waals surface area contributed by atoms with Crippen molar-refractivity contribution in [3.05, 3.63) is 291 Å². The lowest BCUT2D eigenvalue weighted by atomic mass is 9.93. The maximum Gasteiger partial charge on any atom is 0.238 e. The molecule has 12 heteroatoms. The van der Waals surface area contributed by atoms with Crippen LogP contribution in [0.4, 0.5) is 40.1 Å². The maximum absolute atomic E-state index is 7.51. The zero-order valence-corrected chi connectivity index (χ0v) is 47.4. The standard InChI is InChI=1S/C70H48N8P2S2/c81-79(64-43-23-22-42-63(64)76(61-40-20-21-41-62(61)78(79)54-33-14-5-15-34-54)69-73-67(50-25-6-1-7-26-50)72-68(74-69)51-27-8-2-9-28-51)55-47-45-49(46-48-55)56-36-24-44-65-66(56)57-35-16-18-38-59(57)77(53-31-12-4-13-32-53)80(65,82)70-71-58-37-17-19-39-60(58)75(70)52-29-10-3-11-30-52/h1-48H. The van der Waals surface area contributed by atoms with E-state index in [4.69, 9.17) is 43.5 Å². The normalized spacial score (nSPS) is 16.2. The van der Waals surface area contributed by atoms with E-state index in [1.54, 1.807) is 0 Å². The molecule has 2 aliphatic heterocycles. The minimum atomic E-state index is -3.09. The summed E-state index contributed by atoms with van der Waals surface area (Å²) in [6.07, 6.45) is -6.17. The topological polar surface area (TPSA) is 66.2 Å². The Labute approximate surface area is 486 Å². The van der Waals surface area contributed by atoms with Crippen LogP contribution in [-0.2, 0) is 23.6 Å². The van der Waals surface area contributed by atoms with Crippen LogP contribution in [0.1, 0.15) is 0 Å². The summed E-state index contributed by atoms with van der Waals surface area (Å²) < 4.78 is 7.13. The molecule has 0 spiro atoms. The maximum atomic E-state index is 7.51. The number of rotatable bonds is 9. The van der Waals surface area contributed by atoms with E-state index in [1.165, 1.54) is 0 Å². The van der Waals surface area contributed by atoms with Gasteiger partial charge in [-0.3, -0.25) is 9.47 Å². The van der Waals surface area contributed by atoms with Crippen LogP contribution >= 0.6 is 12.4 Å². The van der Waals surface area contributed by atoms with Crippen LogP contribution in [0.25, 0.3) is 61.8 Å². The molecular formula is C70H48N8P2S2. The molecule has 0 amide bonds. The number of hydrogen-bond donors (Lipinski definition) is 0. The Morgan fingerprint density at radius 1 is 0.317 bits per heavy atom. The van der Waals surface area contributed by atoms with Crippen LogP contribution in [-0.4, -0.2) is 24.5 Å². The summed E-state index contributed by atoms with van der Waals surface area (Å²) in [6.45, 7) is 0. The zero-order valence-electron chi connectivity index (χ0n) is 44.0. The third-order valence-corrected chi connectivity index (χ3v) is 24.6. The first-order valence-corrected chi connectivity index (χ1v) is 32.6. The molecule has 0 bridgehead atoms. The Morgan fingerprint density at radius 3 is 1.43 bits per heavy atom. The van der Waals surface area contributed by atoms with Crippen molar-refractivity contribution in [1.29, 1.82) is 0 Å². The molecule has 0 radical (unpaired) electrons. The van der Waals surface area contributed by atoms with Crippen molar-refractivity contribution in [2.24, 2.45) is 0 Å². The summed E-state index contributed by atoms with van der Waals surface area (Å²) in [4.78, 5) is 23.5. The number of benzene rings is 11. The monoisotopic (exact) mass is 1130 g/mol. The summed E-state index contributed by atoms with van der Waals surface area (Å²) in [6, 6.07) is 102. The smallest absolute Gasteiger partial charge is 0.238 e. The molecule has 0 fully saturated rings. The average molecular weight is 1130 g/mol. The molecule has 0 N–H and O–H groups in total. The van der Waals surface area contributed by atoms with Crippen molar-refractivity contribution in [2.45, 2.75) is 0 Å². The molecule has 4 heterocycles. The van der Waals surface area contributed by atoms with Gasteiger partial charge >= 0.3 is 0 Å². The number of nitrogens with zero attached hydrogens (tertiary/aromatic N) is 8. The molecule has 390 valence electrons. The Hall–Kier alpha value is -9.40. The van der Waals surface area contributed by atoms with E-state index >= 15 is 0 Å². The number of imidazole rings is 1. The highest BCUT2D eigenvalue weighted by atomic mass is 32.4. The van der Waals surface area contributed by atoms with Gasteiger partial charge in [0.1, 0.15) is 6.19 Å². The lowest BCUT2D eigenvalue weighted by Gasteiger charge is -2.43. The van der Waals surface area contributed by atoms with Crippen molar-refractivity contribution >= 4 is 109 Å². The van der Waals surface area contributed by atoms with E-state index in [1.807, 2.05) is 60.7 Å². The number of anilines is 7. The number of fused-ring (bicyclic) bond motifs is 6. The fourth-order valence-corrected chi connectivity index (χ4v) is 20.6. The quantitative estimate of drug-likeness (QED) is 0.132. The minimum absolute atomic E-state index is 0.486. The van der Waals surface area contributed by atoms with Crippen LogP contribution in [0, 0.1) is 0 Å². The van der Waals surface area contributed by atoms with Crippen LogP contribution < -0.4 is 35.7 Å². The molecule has 0 aliphatic carbocycles. The van der Waals surface area contributed by atoms with E-state index in [0.29, 0.717) is 17.6 Å². The number of aromatic nitrogens is 5. The lowest BCUT2D eigenvalue weighted by molar-refractivity contribution is 1.02. The van der Waals surface area contributed by atoms with Crippen molar-refractivity contribution in [1.82, 2.24) is 24.5 Å². The van der Waals surface area contributed by atoms with Crippen molar-refractivity contribution < 1.29 is 0 Å². The fourth-order valence-electron chi connectivity index (χ4n) is 11.8. The van der Waals surface area contributed by atoms with Crippen molar-refractivity contribution in [3.8, 4) is 50.7 Å². The van der Waals surface area contributed by atoms with Crippen LogP contribution in [0.15, 0.2) is 291 Å². The predicted molar refractivity (Wildman–Crippen MR) is 348 cm³/mol. The van der Waals surface area contributed by atoms with Gasteiger partial charge in [-0.05, 0) is 90.0 Å². The van der Waals surface area contributed by atoms with Gasteiger partial charge in [0.2, 0.25) is 5.95 Å². The Morgan fingerprint density at radius 2 is 0.793 bits per heavy atom. The second kappa shape index (κ2) is 20.3. The van der Waals surface area contributed by atoms with E-state index < -0.39 is 12.4 Å². The zero-order chi connectivity index (χ0) is 54.8. The van der Waals surface area contributed by atoms with E-state index in [2.05, 4.69) is 249 Å². The molecule has 0 saturated carbocycles. The molecule has 8 nitrogen and oxygen atoms in total. The largest absolute Gasteiger partial charge is 0.303 e. The second-order valence-electron chi connectivity index (χ2n) is 20.1. The molecule has 2 unspecified atom stereocenters. The summed E-state index contributed by atoms with van der Waals surface area (Å²) in [5.41, 5.74) is 15.6. The van der Waals surface area contributed by atoms with Gasteiger partial charge in [0.15, 0.2) is 17.2 Å². The summed E-state index contributed by atoms with van der Waals surface area (Å²) in [5, 5.41) is 3.09. The first kappa shape index (κ1) is 49.6. The van der Waals surface area contributed by atoms with Crippen molar-refractivity contribution in [3.63, 3.8) is 0 Å². The van der Waals surface area contributed by atoms with Gasteiger partial charge in [-0.15, -0.1) is 0 Å². The Kier molecular flexibility index (Phi) is 12.3. The van der Waals surface area contributed by atoms with E-state index in [9.17, 15) is 0 Å². The minimum Gasteiger partial charge on any atom is -0.303 e.